The molecule has 5 heteroatoms. The minimum atomic E-state index is -0.327. The molecule has 0 bridgehead atoms. The van der Waals surface area contributed by atoms with Gasteiger partial charge in [0, 0.05) is 17.3 Å². The highest BCUT2D eigenvalue weighted by Crippen LogP contribution is 2.28. The van der Waals surface area contributed by atoms with Crippen molar-refractivity contribution in [2.24, 2.45) is 0 Å². The molecule has 3 aromatic rings. The minimum absolute atomic E-state index is 0. The molecule has 0 aliphatic heterocycles. The Morgan fingerprint density at radius 1 is 1.10 bits per heavy atom. The number of benzene rings is 2. The third-order valence-corrected chi connectivity index (χ3v) is 2.99. The van der Waals surface area contributed by atoms with Crippen molar-refractivity contribution in [3.63, 3.8) is 0 Å². The second-order valence-electron chi connectivity index (χ2n) is 4.31. The van der Waals surface area contributed by atoms with Crippen molar-refractivity contribution in [3.05, 3.63) is 66.1 Å². The molecule has 0 spiro atoms. The molecular weight excluding hydrogens is 289 g/mol. The van der Waals surface area contributed by atoms with E-state index >= 15 is 0 Å². The van der Waals surface area contributed by atoms with E-state index < -0.39 is 0 Å². The van der Waals surface area contributed by atoms with E-state index in [2.05, 4.69) is 16.4 Å². The zero-order valence-electron chi connectivity index (χ0n) is 10.9. The summed E-state index contributed by atoms with van der Waals surface area (Å²) in [6.45, 7) is 0. The van der Waals surface area contributed by atoms with Gasteiger partial charge in [0.05, 0.1) is 16.8 Å². The first-order valence-corrected chi connectivity index (χ1v) is 6.08. The van der Waals surface area contributed by atoms with E-state index in [1.54, 1.807) is 12.1 Å². The Balaban J connectivity index is 0.00000161. The van der Waals surface area contributed by atoms with Crippen molar-refractivity contribution in [1.82, 2.24) is 4.98 Å². The van der Waals surface area contributed by atoms with Crippen LogP contribution < -0.4 is 5.32 Å². The quantitative estimate of drug-likeness (QED) is 0.762. The van der Waals surface area contributed by atoms with Gasteiger partial charge in [-0.05, 0) is 24.3 Å². The third-order valence-electron chi connectivity index (χ3n) is 2.99. The van der Waals surface area contributed by atoms with Crippen molar-refractivity contribution < 1.29 is 4.39 Å². The van der Waals surface area contributed by atoms with Crippen molar-refractivity contribution >= 4 is 34.7 Å². The fraction of sp³-hybridized carbons (Fsp3) is 0. The van der Waals surface area contributed by atoms with Crippen molar-refractivity contribution in [1.29, 1.82) is 5.26 Å². The molecule has 104 valence electrons. The number of para-hydroxylation sites is 1. The van der Waals surface area contributed by atoms with Crippen LogP contribution in [0.5, 0.6) is 0 Å². The zero-order valence-corrected chi connectivity index (χ0v) is 11.7. The molecule has 1 aromatic heterocycles. The maximum absolute atomic E-state index is 13.2. The van der Waals surface area contributed by atoms with E-state index in [4.69, 9.17) is 0 Å². The molecular formula is C16H11ClFN3. The highest BCUT2D eigenvalue weighted by molar-refractivity contribution is 5.95. The van der Waals surface area contributed by atoms with Crippen LogP contribution in [-0.2, 0) is 0 Å². The highest BCUT2D eigenvalue weighted by atomic mass is 35.5. The Morgan fingerprint density at radius 2 is 1.90 bits per heavy atom. The maximum Gasteiger partial charge on any atom is 0.125 e. The van der Waals surface area contributed by atoms with Crippen molar-refractivity contribution in [2.75, 3.05) is 5.32 Å². The molecule has 0 fully saturated rings. The largest absolute Gasteiger partial charge is 0.354 e. The van der Waals surface area contributed by atoms with Gasteiger partial charge in [-0.3, -0.25) is 4.98 Å². The Hall–Kier alpha value is -2.64. The smallest absolute Gasteiger partial charge is 0.125 e. The standard InChI is InChI=1S/C16H10FN3.ClH/c17-12-4-3-5-13(8-12)20-16-11(9-18)10-19-15-7-2-1-6-14(15)16;/h1-8,10H,(H,19,20);1H. The van der Waals surface area contributed by atoms with Crippen LogP contribution in [0.2, 0.25) is 0 Å². The van der Waals surface area contributed by atoms with Crippen molar-refractivity contribution in [3.8, 4) is 6.07 Å². The molecule has 2 aromatic carbocycles. The fourth-order valence-corrected chi connectivity index (χ4v) is 2.07. The Kier molecular flexibility index (Phi) is 4.36. The van der Waals surface area contributed by atoms with Crippen LogP contribution in [0.25, 0.3) is 10.9 Å². The Bertz CT molecular complexity index is 827. The van der Waals surface area contributed by atoms with Crippen LogP contribution in [-0.4, -0.2) is 4.98 Å². The van der Waals surface area contributed by atoms with Gasteiger partial charge in [0.25, 0.3) is 0 Å². The number of pyridine rings is 1. The number of rotatable bonds is 2. The van der Waals surface area contributed by atoms with E-state index in [1.165, 1.54) is 18.3 Å². The van der Waals surface area contributed by atoms with Gasteiger partial charge in [0.15, 0.2) is 0 Å². The molecule has 0 aliphatic rings. The van der Waals surface area contributed by atoms with Gasteiger partial charge in [0.2, 0.25) is 0 Å². The number of nitriles is 1. The molecule has 0 radical (unpaired) electrons. The summed E-state index contributed by atoms with van der Waals surface area (Å²) in [6.07, 6.45) is 1.52. The molecule has 3 rings (SSSR count). The summed E-state index contributed by atoms with van der Waals surface area (Å²) in [4.78, 5) is 4.24. The molecule has 1 N–H and O–H groups in total. The second-order valence-corrected chi connectivity index (χ2v) is 4.31. The molecule has 21 heavy (non-hydrogen) atoms. The summed E-state index contributed by atoms with van der Waals surface area (Å²) in [7, 11) is 0. The predicted octanol–water partition coefficient (Wildman–Crippen LogP) is 4.41. The van der Waals surface area contributed by atoms with Gasteiger partial charge in [0.1, 0.15) is 11.9 Å². The number of aromatic nitrogens is 1. The summed E-state index contributed by atoms with van der Waals surface area (Å²) in [6, 6.07) is 15.7. The minimum Gasteiger partial charge on any atom is -0.354 e. The number of anilines is 2. The average molecular weight is 300 g/mol. The molecule has 0 atom stereocenters. The predicted molar refractivity (Wildman–Crippen MR) is 83.4 cm³/mol. The van der Waals surface area contributed by atoms with E-state index in [-0.39, 0.29) is 18.2 Å². The molecule has 0 aliphatic carbocycles. The number of hydrogen-bond acceptors (Lipinski definition) is 3. The first kappa shape index (κ1) is 14.8. The van der Waals surface area contributed by atoms with Gasteiger partial charge in [-0.25, -0.2) is 4.39 Å². The Labute approximate surface area is 127 Å². The fourth-order valence-electron chi connectivity index (χ4n) is 2.07. The molecule has 0 saturated heterocycles. The van der Waals surface area contributed by atoms with E-state index in [1.807, 2.05) is 24.3 Å². The summed E-state index contributed by atoms with van der Waals surface area (Å²) in [5.41, 5.74) is 2.44. The summed E-state index contributed by atoms with van der Waals surface area (Å²) < 4.78 is 13.2. The average Bonchev–Trinajstić information content (AvgIpc) is 2.48. The normalized spacial score (nSPS) is 9.71. The number of hydrogen-bond donors (Lipinski definition) is 1. The third kappa shape index (κ3) is 2.93. The first-order chi connectivity index (χ1) is 9.78. The lowest BCUT2D eigenvalue weighted by atomic mass is 10.1. The molecule has 0 saturated carbocycles. The van der Waals surface area contributed by atoms with Crippen LogP contribution in [0.4, 0.5) is 15.8 Å². The van der Waals surface area contributed by atoms with E-state index in [9.17, 15) is 9.65 Å². The van der Waals surface area contributed by atoms with Crippen molar-refractivity contribution in [2.45, 2.75) is 0 Å². The monoisotopic (exact) mass is 299 g/mol. The van der Waals surface area contributed by atoms with E-state index in [0.717, 1.165) is 10.9 Å². The molecule has 0 unspecified atom stereocenters. The number of halogens is 2. The van der Waals surface area contributed by atoms with Gasteiger partial charge in [-0.15, -0.1) is 12.4 Å². The van der Waals surface area contributed by atoms with Crippen LogP contribution in [0, 0.1) is 17.1 Å². The second kappa shape index (κ2) is 6.21. The first-order valence-electron chi connectivity index (χ1n) is 6.08. The lowest BCUT2D eigenvalue weighted by molar-refractivity contribution is 0.628. The molecule has 1 heterocycles. The maximum atomic E-state index is 13.2. The van der Waals surface area contributed by atoms with Gasteiger partial charge in [-0.1, -0.05) is 24.3 Å². The van der Waals surface area contributed by atoms with Crippen LogP contribution in [0.1, 0.15) is 5.56 Å². The highest BCUT2D eigenvalue weighted by Gasteiger charge is 2.08. The summed E-state index contributed by atoms with van der Waals surface area (Å²) in [5.74, 6) is -0.327. The zero-order chi connectivity index (χ0) is 13.9. The lowest BCUT2D eigenvalue weighted by Gasteiger charge is -2.11. The van der Waals surface area contributed by atoms with Gasteiger partial charge >= 0.3 is 0 Å². The number of fused-ring (bicyclic) bond motifs is 1. The SMILES string of the molecule is Cl.N#Cc1cnc2ccccc2c1Nc1cccc(F)c1. The Morgan fingerprint density at radius 3 is 2.67 bits per heavy atom. The topological polar surface area (TPSA) is 48.7 Å². The van der Waals surface area contributed by atoms with Crippen LogP contribution >= 0.6 is 12.4 Å². The summed E-state index contributed by atoms with van der Waals surface area (Å²) in [5, 5.41) is 13.1. The number of nitrogens with zero attached hydrogens (tertiary/aromatic N) is 2. The molecule has 0 amide bonds. The van der Waals surface area contributed by atoms with Crippen LogP contribution in [0.15, 0.2) is 54.7 Å². The van der Waals surface area contributed by atoms with Gasteiger partial charge in [-0.2, -0.15) is 5.26 Å². The molecule has 3 nitrogen and oxygen atoms in total. The summed E-state index contributed by atoms with van der Waals surface area (Å²) >= 11 is 0. The van der Waals surface area contributed by atoms with E-state index in [0.29, 0.717) is 16.9 Å². The van der Waals surface area contributed by atoms with Gasteiger partial charge < -0.3 is 5.32 Å². The van der Waals surface area contributed by atoms with Crippen LogP contribution in [0.3, 0.4) is 0 Å². The lowest BCUT2D eigenvalue weighted by Crippen LogP contribution is -1.97. The number of nitrogens with one attached hydrogen (secondary N) is 1.